The maximum absolute atomic E-state index is 2.73. The van der Waals surface area contributed by atoms with Gasteiger partial charge in [0, 0.05) is 32.7 Å². The van der Waals surface area contributed by atoms with Crippen LogP contribution in [0.5, 0.6) is 0 Å². The summed E-state index contributed by atoms with van der Waals surface area (Å²) in [4.78, 5) is 5.38. The molecule has 106 valence electrons. The molecule has 1 aliphatic heterocycles. The fraction of sp³-hybridized carbons (Fsp3) is 1.00. The van der Waals surface area contributed by atoms with Crippen LogP contribution in [0.3, 0.4) is 0 Å². The average Bonchev–Trinajstić information content (AvgIpc) is 2.41. The van der Waals surface area contributed by atoms with Crippen molar-refractivity contribution < 1.29 is 0 Å². The number of hydrogen-bond acceptors (Lipinski definition) is 2. The molecule has 0 aromatic heterocycles. The first-order valence-corrected chi connectivity index (χ1v) is 8.22. The lowest BCUT2D eigenvalue weighted by atomic mass is 9.83. The maximum atomic E-state index is 2.73. The van der Waals surface area contributed by atoms with E-state index in [1.54, 1.807) is 0 Å². The van der Waals surface area contributed by atoms with Crippen molar-refractivity contribution in [3.05, 3.63) is 0 Å². The van der Waals surface area contributed by atoms with Gasteiger partial charge >= 0.3 is 0 Å². The predicted molar refractivity (Wildman–Crippen MR) is 78.9 cm³/mol. The molecule has 2 aliphatic rings. The second kappa shape index (κ2) is 7.49. The van der Waals surface area contributed by atoms with Crippen LogP contribution in [0.25, 0.3) is 0 Å². The zero-order valence-corrected chi connectivity index (χ0v) is 12.5. The Hall–Kier alpha value is -0.0800. The highest BCUT2D eigenvalue weighted by atomic mass is 15.3. The minimum Gasteiger partial charge on any atom is -0.301 e. The van der Waals surface area contributed by atoms with Gasteiger partial charge in [0.05, 0.1) is 0 Å². The van der Waals surface area contributed by atoms with Crippen LogP contribution in [0.4, 0.5) is 0 Å². The number of unbranched alkanes of at least 4 members (excludes halogenated alkanes) is 1. The third-order valence-corrected chi connectivity index (χ3v) is 4.94. The fourth-order valence-corrected chi connectivity index (χ4v) is 3.45. The summed E-state index contributed by atoms with van der Waals surface area (Å²) in [5.74, 6) is 2.00. The molecule has 2 fully saturated rings. The lowest BCUT2D eigenvalue weighted by Gasteiger charge is -2.37. The van der Waals surface area contributed by atoms with Crippen LogP contribution in [0.15, 0.2) is 0 Å². The summed E-state index contributed by atoms with van der Waals surface area (Å²) in [6.45, 7) is 12.7. The minimum absolute atomic E-state index is 0.993. The molecule has 0 radical (unpaired) electrons. The van der Waals surface area contributed by atoms with Crippen LogP contribution in [0.1, 0.15) is 52.4 Å². The summed E-state index contributed by atoms with van der Waals surface area (Å²) in [7, 11) is 0. The largest absolute Gasteiger partial charge is 0.301 e. The fourth-order valence-electron chi connectivity index (χ4n) is 3.45. The second-order valence-electron chi connectivity index (χ2n) is 6.62. The first-order valence-electron chi connectivity index (χ1n) is 8.22. The van der Waals surface area contributed by atoms with Gasteiger partial charge in [0.1, 0.15) is 0 Å². The molecule has 0 spiro atoms. The molecule has 0 N–H and O–H groups in total. The van der Waals surface area contributed by atoms with E-state index in [9.17, 15) is 0 Å². The number of piperazine rings is 1. The van der Waals surface area contributed by atoms with Crippen LogP contribution in [-0.2, 0) is 0 Å². The maximum Gasteiger partial charge on any atom is 0.0110 e. The number of hydrogen-bond donors (Lipinski definition) is 0. The molecule has 2 nitrogen and oxygen atoms in total. The number of nitrogens with zero attached hydrogens (tertiary/aromatic N) is 2. The van der Waals surface area contributed by atoms with Gasteiger partial charge in [-0.15, -0.1) is 0 Å². The quantitative estimate of drug-likeness (QED) is 0.741. The van der Waals surface area contributed by atoms with Crippen LogP contribution in [-0.4, -0.2) is 49.1 Å². The van der Waals surface area contributed by atoms with Crippen LogP contribution < -0.4 is 0 Å². The molecule has 0 amide bonds. The highest BCUT2D eigenvalue weighted by molar-refractivity contribution is 4.77. The summed E-state index contributed by atoms with van der Waals surface area (Å²) in [6, 6.07) is 0. The van der Waals surface area contributed by atoms with E-state index in [-0.39, 0.29) is 0 Å². The highest BCUT2D eigenvalue weighted by Crippen LogP contribution is 2.28. The van der Waals surface area contributed by atoms with Crippen molar-refractivity contribution >= 4 is 0 Å². The third-order valence-electron chi connectivity index (χ3n) is 4.94. The van der Waals surface area contributed by atoms with E-state index >= 15 is 0 Å². The van der Waals surface area contributed by atoms with Crippen molar-refractivity contribution in [2.75, 3.05) is 39.3 Å². The van der Waals surface area contributed by atoms with Gasteiger partial charge in [0.15, 0.2) is 0 Å². The molecule has 0 bridgehead atoms. The van der Waals surface area contributed by atoms with E-state index in [1.165, 1.54) is 77.8 Å². The van der Waals surface area contributed by atoms with Gasteiger partial charge < -0.3 is 9.80 Å². The van der Waals surface area contributed by atoms with E-state index in [0.29, 0.717) is 0 Å². The Morgan fingerprint density at radius 3 is 2.11 bits per heavy atom. The van der Waals surface area contributed by atoms with Crippen molar-refractivity contribution in [1.82, 2.24) is 9.80 Å². The van der Waals surface area contributed by atoms with Crippen LogP contribution in [0.2, 0.25) is 0 Å². The molecule has 0 atom stereocenters. The molecular formula is C16H32N2. The predicted octanol–water partition coefficient (Wildman–Crippen LogP) is 3.23. The zero-order valence-electron chi connectivity index (χ0n) is 12.5. The zero-order chi connectivity index (χ0) is 12.8. The van der Waals surface area contributed by atoms with Gasteiger partial charge in [-0.2, -0.15) is 0 Å². The summed E-state index contributed by atoms with van der Waals surface area (Å²) in [6.07, 6.45) is 8.62. The third kappa shape index (κ3) is 4.55. The molecule has 1 saturated heterocycles. The van der Waals surface area contributed by atoms with E-state index in [2.05, 4.69) is 23.6 Å². The van der Waals surface area contributed by atoms with Gasteiger partial charge in [-0.05, 0) is 37.6 Å². The smallest absolute Gasteiger partial charge is 0.0110 e. The normalized spacial score (nSPS) is 31.7. The second-order valence-corrected chi connectivity index (χ2v) is 6.62. The Morgan fingerprint density at radius 2 is 1.50 bits per heavy atom. The van der Waals surface area contributed by atoms with Crippen LogP contribution in [0, 0.1) is 11.8 Å². The van der Waals surface area contributed by atoms with E-state index in [1.807, 2.05) is 0 Å². The summed E-state index contributed by atoms with van der Waals surface area (Å²) in [5.41, 5.74) is 0. The molecule has 2 heteroatoms. The van der Waals surface area contributed by atoms with E-state index in [4.69, 9.17) is 0 Å². The summed E-state index contributed by atoms with van der Waals surface area (Å²) >= 11 is 0. The molecule has 1 saturated carbocycles. The van der Waals surface area contributed by atoms with Crippen molar-refractivity contribution in [3.63, 3.8) is 0 Å². The topological polar surface area (TPSA) is 6.48 Å². The molecule has 1 heterocycles. The highest BCUT2D eigenvalue weighted by Gasteiger charge is 2.23. The summed E-state index contributed by atoms with van der Waals surface area (Å²) in [5, 5.41) is 0. The Labute approximate surface area is 114 Å². The Balaban J connectivity index is 1.61. The Morgan fingerprint density at radius 1 is 0.889 bits per heavy atom. The van der Waals surface area contributed by atoms with Crippen molar-refractivity contribution in [2.45, 2.75) is 52.4 Å². The van der Waals surface area contributed by atoms with Crippen molar-refractivity contribution in [3.8, 4) is 0 Å². The molecule has 18 heavy (non-hydrogen) atoms. The summed E-state index contributed by atoms with van der Waals surface area (Å²) < 4.78 is 0. The van der Waals surface area contributed by atoms with E-state index < -0.39 is 0 Å². The van der Waals surface area contributed by atoms with Gasteiger partial charge in [-0.1, -0.05) is 33.1 Å². The molecule has 1 aliphatic carbocycles. The first-order chi connectivity index (χ1) is 8.78. The van der Waals surface area contributed by atoms with Gasteiger partial charge in [-0.25, -0.2) is 0 Å². The minimum atomic E-state index is 0.993. The SMILES string of the molecule is CCCCN1CCN(CC2CCC(C)CC2)CC1. The average molecular weight is 252 g/mol. The first kappa shape index (κ1) is 14.3. The lowest BCUT2D eigenvalue weighted by Crippen LogP contribution is -2.48. The lowest BCUT2D eigenvalue weighted by molar-refractivity contribution is 0.105. The van der Waals surface area contributed by atoms with Crippen molar-refractivity contribution in [1.29, 1.82) is 0 Å². The van der Waals surface area contributed by atoms with Crippen molar-refractivity contribution in [2.24, 2.45) is 11.8 Å². The standard InChI is InChI=1S/C16H32N2/c1-3-4-9-17-10-12-18(13-11-17)14-16-7-5-15(2)6-8-16/h15-16H,3-14H2,1-2H3. The molecule has 2 rings (SSSR count). The van der Waals surface area contributed by atoms with E-state index in [0.717, 1.165) is 11.8 Å². The Bertz CT molecular complexity index is 213. The molecule has 0 aromatic carbocycles. The molecule has 0 unspecified atom stereocenters. The monoisotopic (exact) mass is 252 g/mol. The van der Waals surface area contributed by atoms with Gasteiger partial charge in [0.25, 0.3) is 0 Å². The molecular weight excluding hydrogens is 220 g/mol. The van der Waals surface area contributed by atoms with Crippen LogP contribution >= 0.6 is 0 Å². The van der Waals surface area contributed by atoms with Gasteiger partial charge in [0.2, 0.25) is 0 Å². The molecule has 0 aromatic rings. The van der Waals surface area contributed by atoms with Gasteiger partial charge in [-0.3, -0.25) is 0 Å². The Kier molecular flexibility index (Phi) is 5.97. The number of rotatable bonds is 5.